The van der Waals surface area contributed by atoms with Crippen molar-refractivity contribution in [3.8, 4) is 6.07 Å². The molecule has 1 unspecified atom stereocenters. The predicted molar refractivity (Wildman–Crippen MR) is 116 cm³/mol. The van der Waals surface area contributed by atoms with E-state index in [-0.39, 0.29) is 23.0 Å². The van der Waals surface area contributed by atoms with Crippen LogP contribution >= 0.6 is 11.8 Å². The van der Waals surface area contributed by atoms with E-state index in [1.54, 1.807) is 42.1 Å². The summed E-state index contributed by atoms with van der Waals surface area (Å²) < 4.78 is 14.1. The van der Waals surface area contributed by atoms with Crippen LogP contribution < -0.4 is 5.73 Å². The zero-order valence-electron chi connectivity index (χ0n) is 16.4. The maximum Gasteiger partial charge on any atom is 0.110 e. The molecule has 1 aromatic rings. The molecule has 0 spiro atoms. The fraction of sp³-hybridized carbons (Fsp3) is 0.381. The van der Waals surface area contributed by atoms with Crippen LogP contribution in [0.3, 0.4) is 0 Å². The number of nitrogens with two attached hydrogens (primary N) is 1. The lowest BCUT2D eigenvalue weighted by molar-refractivity contribution is 0.552. The normalized spacial score (nSPS) is 19.3. The Morgan fingerprint density at radius 2 is 2.19 bits per heavy atom. The van der Waals surface area contributed by atoms with Crippen molar-refractivity contribution in [2.45, 2.75) is 44.9 Å². The molecule has 6 heteroatoms. The molecule has 0 saturated carbocycles. The standard InChI is InChI=1S/C19H21FN4S.C2H6/c1-19(2)18(22)24-16(12-25-19)10-15(20)7-8-17(23-3)14-6-4-5-13(9-14)11-21;1-2/h4-9,16H,3,10,12H2,1-2H3,(H2,22,24);1-2H3/b15-7+,17-8-;. The Hall–Kier alpha value is -2.39. The highest BCUT2D eigenvalue weighted by Gasteiger charge is 2.30. The van der Waals surface area contributed by atoms with Gasteiger partial charge < -0.3 is 5.73 Å². The molecule has 0 radical (unpaired) electrons. The van der Waals surface area contributed by atoms with Gasteiger partial charge in [0.15, 0.2) is 0 Å². The fourth-order valence-corrected chi connectivity index (χ4v) is 3.33. The zero-order chi connectivity index (χ0) is 20.4. The van der Waals surface area contributed by atoms with E-state index in [1.165, 1.54) is 6.08 Å². The highest BCUT2D eigenvalue weighted by atomic mass is 32.2. The van der Waals surface area contributed by atoms with Crippen molar-refractivity contribution in [2.24, 2.45) is 15.7 Å². The molecule has 2 N–H and O–H groups in total. The van der Waals surface area contributed by atoms with Gasteiger partial charge in [0.05, 0.1) is 28.1 Å². The van der Waals surface area contributed by atoms with Crippen LogP contribution in [0.5, 0.6) is 0 Å². The molecule has 1 heterocycles. The maximum atomic E-state index is 14.2. The molecule has 0 amide bonds. The van der Waals surface area contributed by atoms with Crippen LogP contribution in [0, 0.1) is 11.3 Å². The number of nitriles is 1. The SMILES string of the molecule is C=N/C(=C\C=C(\F)CC1CSC(C)(C)C(N)=N1)c1cccc(C#N)c1.CC. The lowest BCUT2D eigenvalue weighted by Crippen LogP contribution is -2.41. The average Bonchev–Trinajstić information content (AvgIpc) is 2.67. The Morgan fingerprint density at radius 1 is 1.48 bits per heavy atom. The number of benzene rings is 1. The van der Waals surface area contributed by atoms with Crippen molar-refractivity contribution in [3.63, 3.8) is 0 Å². The van der Waals surface area contributed by atoms with E-state index < -0.39 is 0 Å². The van der Waals surface area contributed by atoms with Crippen LogP contribution in [0.4, 0.5) is 4.39 Å². The Kier molecular flexibility index (Phi) is 8.96. The molecule has 0 fully saturated rings. The van der Waals surface area contributed by atoms with Gasteiger partial charge in [0.2, 0.25) is 0 Å². The second-order valence-electron chi connectivity index (χ2n) is 6.21. The van der Waals surface area contributed by atoms with E-state index >= 15 is 0 Å². The molecule has 1 aliphatic heterocycles. The molecule has 27 heavy (non-hydrogen) atoms. The molecule has 0 saturated heterocycles. The molecule has 4 nitrogen and oxygen atoms in total. The minimum atomic E-state index is -0.292. The zero-order valence-corrected chi connectivity index (χ0v) is 17.2. The topological polar surface area (TPSA) is 74.5 Å². The van der Waals surface area contributed by atoms with Gasteiger partial charge in [0, 0.05) is 17.7 Å². The summed E-state index contributed by atoms with van der Waals surface area (Å²) in [6, 6.07) is 8.86. The monoisotopic (exact) mass is 386 g/mol. The number of rotatable bonds is 5. The minimum Gasteiger partial charge on any atom is -0.386 e. The largest absolute Gasteiger partial charge is 0.386 e. The minimum absolute atomic E-state index is 0.162. The van der Waals surface area contributed by atoms with Crippen LogP contribution in [0.2, 0.25) is 0 Å². The lowest BCUT2D eigenvalue weighted by Gasteiger charge is -2.30. The van der Waals surface area contributed by atoms with Gasteiger partial charge in [-0.15, -0.1) is 11.8 Å². The molecule has 2 rings (SSSR count). The molecule has 1 aliphatic rings. The number of hydrogen-bond donors (Lipinski definition) is 1. The van der Waals surface area contributed by atoms with Gasteiger partial charge in [-0.1, -0.05) is 26.0 Å². The molecule has 0 bridgehead atoms. The smallest absolute Gasteiger partial charge is 0.110 e. The number of hydrogen-bond acceptors (Lipinski definition) is 5. The van der Waals surface area contributed by atoms with E-state index in [4.69, 9.17) is 11.0 Å². The fourth-order valence-electron chi connectivity index (χ4n) is 2.32. The third kappa shape index (κ3) is 6.69. The number of nitrogens with zero attached hydrogens (tertiary/aromatic N) is 3. The van der Waals surface area contributed by atoms with E-state index in [0.717, 1.165) is 11.3 Å². The summed E-state index contributed by atoms with van der Waals surface area (Å²) >= 11 is 1.68. The summed E-state index contributed by atoms with van der Waals surface area (Å²) in [5, 5.41) is 8.96. The van der Waals surface area contributed by atoms with Gasteiger partial charge in [-0.3, -0.25) is 9.98 Å². The third-order valence-electron chi connectivity index (χ3n) is 3.89. The summed E-state index contributed by atoms with van der Waals surface area (Å²) in [5.41, 5.74) is 7.69. The van der Waals surface area contributed by atoms with Crippen molar-refractivity contribution >= 4 is 30.0 Å². The Balaban J connectivity index is 0.00000176. The molecule has 0 aromatic heterocycles. The predicted octanol–water partition coefficient (Wildman–Crippen LogP) is 5.12. The highest BCUT2D eigenvalue weighted by molar-refractivity contribution is 8.01. The van der Waals surface area contributed by atoms with Crippen molar-refractivity contribution < 1.29 is 4.39 Å². The Morgan fingerprint density at radius 3 is 2.78 bits per heavy atom. The van der Waals surface area contributed by atoms with E-state index in [9.17, 15) is 4.39 Å². The van der Waals surface area contributed by atoms with Crippen molar-refractivity contribution in [1.82, 2.24) is 0 Å². The summed E-state index contributed by atoms with van der Waals surface area (Å²) in [4.78, 5) is 8.33. The van der Waals surface area contributed by atoms with Gasteiger partial charge in [0.25, 0.3) is 0 Å². The van der Waals surface area contributed by atoms with Gasteiger partial charge in [-0.05, 0) is 44.8 Å². The molecule has 144 valence electrons. The van der Waals surface area contributed by atoms with Crippen LogP contribution in [-0.4, -0.2) is 29.1 Å². The summed E-state index contributed by atoms with van der Waals surface area (Å²) in [6.45, 7) is 11.5. The summed E-state index contributed by atoms with van der Waals surface area (Å²) in [6.07, 6.45) is 3.13. The van der Waals surface area contributed by atoms with Gasteiger partial charge >= 0.3 is 0 Å². The number of allylic oxidation sites excluding steroid dienone is 2. The third-order valence-corrected chi connectivity index (χ3v) is 5.37. The first kappa shape index (κ1) is 22.7. The van der Waals surface area contributed by atoms with Crippen LogP contribution in [0.25, 0.3) is 5.70 Å². The quantitative estimate of drug-likeness (QED) is 0.564. The first-order chi connectivity index (χ1) is 12.9. The number of aliphatic imine (C=N–C) groups is 2. The molecule has 1 aromatic carbocycles. The van der Waals surface area contributed by atoms with Crippen molar-refractivity contribution in [2.75, 3.05) is 5.75 Å². The van der Waals surface area contributed by atoms with E-state index in [0.29, 0.717) is 17.1 Å². The Labute approximate surface area is 165 Å². The van der Waals surface area contributed by atoms with Gasteiger partial charge in [-0.2, -0.15) is 5.26 Å². The van der Waals surface area contributed by atoms with Crippen LogP contribution in [-0.2, 0) is 0 Å². The van der Waals surface area contributed by atoms with Gasteiger partial charge in [-0.25, -0.2) is 4.39 Å². The molecular weight excluding hydrogens is 359 g/mol. The van der Waals surface area contributed by atoms with Crippen molar-refractivity contribution in [3.05, 3.63) is 53.4 Å². The molecule has 0 aliphatic carbocycles. The van der Waals surface area contributed by atoms with Gasteiger partial charge in [0.1, 0.15) is 11.7 Å². The second kappa shape index (κ2) is 10.7. The number of amidine groups is 1. The second-order valence-corrected chi connectivity index (χ2v) is 7.85. The first-order valence-corrected chi connectivity index (χ1v) is 9.85. The number of halogens is 1. The molecular formula is C21H27FN4S. The maximum absolute atomic E-state index is 14.2. The van der Waals surface area contributed by atoms with E-state index in [2.05, 4.69) is 22.8 Å². The van der Waals surface area contributed by atoms with Crippen LogP contribution in [0.15, 0.2) is 52.2 Å². The Bertz CT molecular complexity index is 788. The summed E-state index contributed by atoms with van der Waals surface area (Å²) in [7, 11) is 0. The highest BCUT2D eigenvalue weighted by Crippen LogP contribution is 2.32. The first-order valence-electron chi connectivity index (χ1n) is 8.87. The van der Waals surface area contributed by atoms with E-state index in [1.807, 2.05) is 27.7 Å². The van der Waals surface area contributed by atoms with Crippen molar-refractivity contribution in [1.29, 1.82) is 5.26 Å². The summed E-state index contributed by atoms with van der Waals surface area (Å²) in [5.74, 6) is 0.994. The molecule has 1 atom stereocenters. The average molecular weight is 387 g/mol. The number of thioether (sulfide) groups is 1. The lowest BCUT2D eigenvalue weighted by atomic mass is 10.1. The van der Waals surface area contributed by atoms with Crippen LogP contribution in [0.1, 0.15) is 45.2 Å².